The smallest absolute Gasteiger partial charge is 0.0465 e. The van der Waals surface area contributed by atoms with Gasteiger partial charge in [-0.25, -0.2) is 0 Å². The number of hydrogen-bond acceptors (Lipinski definition) is 1. The first-order valence-corrected chi connectivity index (χ1v) is 6.55. The molecule has 1 atom stereocenters. The van der Waals surface area contributed by atoms with Gasteiger partial charge in [0.25, 0.3) is 0 Å². The first kappa shape index (κ1) is 14.1. The number of benzene rings is 1. The van der Waals surface area contributed by atoms with Crippen LogP contribution in [0.4, 0.5) is 0 Å². The lowest BCUT2D eigenvalue weighted by atomic mass is 10.0. The molecule has 4 heteroatoms. The van der Waals surface area contributed by atoms with Crippen LogP contribution in [0.2, 0.25) is 10.0 Å². The third-order valence-electron chi connectivity index (χ3n) is 2.83. The Kier molecular flexibility index (Phi) is 5.39. The molecular weight excluding hydrogens is 264 g/mol. The van der Waals surface area contributed by atoms with Crippen molar-refractivity contribution in [1.29, 1.82) is 0 Å². The normalized spacial score (nSPS) is 14.8. The summed E-state index contributed by atoms with van der Waals surface area (Å²) in [5.74, 6) is 0.561. The molecule has 16 heavy (non-hydrogen) atoms. The van der Waals surface area contributed by atoms with Gasteiger partial charge in [0, 0.05) is 33.6 Å². The molecule has 0 heterocycles. The lowest BCUT2D eigenvalue weighted by Crippen LogP contribution is -2.43. The van der Waals surface area contributed by atoms with Crippen LogP contribution in [-0.4, -0.2) is 11.4 Å². The Bertz CT molecular complexity index is 328. The maximum atomic E-state index is 6.09. The summed E-state index contributed by atoms with van der Waals surface area (Å²) in [4.78, 5) is 0. The molecule has 0 aliphatic heterocycles. The highest BCUT2D eigenvalue weighted by Crippen LogP contribution is 2.25. The molecule has 0 amide bonds. The van der Waals surface area contributed by atoms with Crippen LogP contribution in [-0.2, 0) is 6.54 Å². The van der Waals surface area contributed by atoms with E-state index < -0.39 is 0 Å². The molecule has 1 aromatic carbocycles. The standard InChI is InChI=1S/C12H16Cl3N/c1-3-12(2,8-13)16-7-9-10(14)5-4-6-11(9)15/h4-6,16H,3,7-8H2,1-2H3. The van der Waals surface area contributed by atoms with Crippen LogP contribution in [0.25, 0.3) is 0 Å². The zero-order valence-electron chi connectivity index (χ0n) is 9.49. The van der Waals surface area contributed by atoms with Crippen LogP contribution >= 0.6 is 34.8 Å². The van der Waals surface area contributed by atoms with Crippen molar-refractivity contribution in [3.05, 3.63) is 33.8 Å². The van der Waals surface area contributed by atoms with Crippen molar-refractivity contribution < 1.29 is 0 Å². The molecule has 0 aromatic heterocycles. The molecule has 0 saturated heterocycles. The first-order chi connectivity index (χ1) is 7.52. The molecule has 0 aliphatic carbocycles. The van der Waals surface area contributed by atoms with E-state index in [0.29, 0.717) is 22.5 Å². The molecular formula is C12H16Cl3N. The van der Waals surface area contributed by atoms with Crippen LogP contribution < -0.4 is 5.32 Å². The van der Waals surface area contributed by atoms with Crippen LogP contribution in [0.15, 0.2) is 18.2 Å². The summed E-state index contributed by atoms with van der Waals surface area (Å²) in [6, 6.07) is 5.53. The molecule has 0 fully saturated rings. The van der Waals surface area contributed by atoms with Crippen LogP contribution in [0.3, 0.4) is 0 Å². The molecule has 0 spiro atoms. The predicted octanol–water partition coefficient (Wildman–Crippen LogP) is 4.49. The minimum absolute atomic E-state index is 0.0793. The minimum atomic E-state index is -0.0793. The Hall–Kier alpha value is 0.0500. The number of hydrogen-bond donors (Lipinski definition) is 1. The van der Waals surface area contributed by atoms with E-state index in [0.717, 1.165) is 12.0 Å². The summed E-state index contributed by atoms with van der Waals surface area (Å²) in [5, 5.41) is 4.77. The van der Waals surface area contributed by atoms with Crippen LogP contribution in [0, 0.1) is 0 Å². The molecule has 0 bridgehead atoms. The minimum Gasteiger partial charge on any atom is -0.306 e. The molecule has 1 unspecified atom stereocenters. The van der Waals surface area contributed by atoms with E-state index in [1.165, 1.54) is 0 Å². The lowest BCUT2D eigenvalue weighted by Gasteiger charge is -2.27. The highest BCUT2D eigenvalue weighted by atomic mass is 35.5. The zero-order valence-corrected chi connectivity index (χ0v) is 11.8. The van der Waals surface area contributed by atoms with E-state index in [2.05, 4.69) is 19.2 Å². The van der Waals surface area contributed by atoms with Crippen molar-refractivity contribution in [3.8, 4) is 0 Å². The lowest BCUT2D eigenvalue weighted by molar-refractivity contribution is 0.379. The summed E-state index contributed by atoms with van der Waals surface area (Å²) in [6.07, 6.45) is 0.957. The highest BCUT2D eigenvalue weighted by molar-refractivity contribution is 6.35. The second-order valence-corrected chi connectivity index (χ2v) is 5.18. The zero-order chi connectivity index (χ0) is 12.2. The van der Waals surface area contributed by atoms with Gasteiger partial charge in [-0.15, -0.1) is 11.6 Å². The van der Waals surface area contributed by atoms with E-state index in [1.54, 1.807) is 0 Å². The van der Waals surface area contributed by atoms with Crippen molar-refractivity contribution in [1.82, 2.24) is 5.32 Å². The fourth-order valence-electron chi connectivity index (χ4n) is 1.27. The number of rotatable bonds is 5. The Morgan fingerprint density at radius 1 is 1.25 bits per heavy atom. The summed E-state index contributed by atoms with van der Waals surface area (Å²) in [6.45, 7) is 4.82. The Morgan fingerprint density at radius 2 is 1.81 bits per heavy atom. The van der Waals surface area contributed by atoms with Gasteiger partial charge in [0.2, 0.25) is 0 Å². The molecule has 1 N–H and O–H groups in total. The van der Waals surface area contributed by atoms with Gasteiger partial charge in [0.15, 0.2) is 0 Å². The van der Waals surface area contributed by atoms with Gasteiger partial charge in [-0.1, -0.05) is 36.2 Å². The largest absolute Gasteiger partial charge is 0.306 e. The van der Waals surface area contributed by atoms with Gasteiger partial charge in [0.1, 0.15) is 0 Å². The average Bonchev–Trinajstić information content (AvgIpc) is 2.28. The van der Waals surface area contributed by atoms with Crippen molar-refractivity contribution >= 4 is 34.8 Å². The highest BCUT2D eigenvalue weighted by Gasteiger charge is 2.20. The third-order valence-corrected chi connectivity index (χ3v) is 4.13. The van der Waals surface area contributed by atoms with E-state index in [1.807, 2.05) is 18.2 Å². The van der Waals surface area contributed by atoms with Crippen molar-refractivity contribution in [2.24, 2.45) is 0 Å². The fraction of sp³-hybridized carbons (Fsp3) is 0.500. The van der Waals surface area contributed by atoms with Gasteiger partial charge >= 0.3 is 0 Å². The second-order valence-electron chi connectivity index (χ2n) is 4.10. The first-order valence-electron chi connectivity index (χ1n) is 5.26. The van der Waals surface area contributed by atoms with E-state index in [4.69, 9.17) is 34.8 Å². The quantitative estimate of drug-likeness (QED) is 0.784. The van der Waals surface area contributed by atoms with Gasteiger partial charge in [0.05, 0.1) is 0 Å². The van der Waals surface area contributed by atoms with Crippen LogP contribution in [0.1, 0.15) is 25.8 Å². The van der Waals surface area contributed by atoms with Gasteiger partial charge in [-0.05, 0) is 25.5 Å². The SMILES string of the molecule is CCC(C)(CCl)NCc1c(Cl)cccc1Cl. The maximum Gasteiger partial charge on any atom is 0.0465 e. The summed E-state index contributed by atoms with van der Waals surface area (Å²) in [5.41, 5.74) is 0.847. The number of alkyl halides is 1. The van der Waals surface area contributed by atoms with E-state index >= 15 is 0 Å². The number of nitrogens with one attached hydrogen (secondary N) is 1. The Balaban J connectivity index is 2.75. The molecule has 90 valence electrons. The van der Waals surface area contributed by atoms with Gasteiger partial charge in [-0.2, -0.15) is 0 Å². The summed E-state index contributed by atoms with van der Waals surface area (Å²) >= 11 is 18.1. The summed E-state index contributed by atoms with van der Waals surface area (Å²) < 4.78 is 0. The molecule has 1 aromatic rings. The molecule has 1 nitrogen and oxygen atoms in total. The Morgan fingerprint density at radius 3 is 2.25 bits per heavy atom. The monoisotopic (exact) mass is 279 g/mol. The van der Waals surface area contributed by atoms with Gasteiger partial charge in [-0.3, -0.25) is 0 Å². The average molecular weight is 281 g/mol. The predicted molar refractivity (Wildman–Crippen MR) is 72.7 cm³/mol. The topological polar surface area (TPSA) is 12.0 Å². The Labute approximate surface area is 112 Å². The number of halogens is 3. The summed E-state index contributed by atoms with van der Waals surface area (Å²) in [7, 11) is 0. The second kappa shape index (κ2) is 6.11. The van der Waals surface area contributed by atoms with Crippen molar-refractivity contribution in [2.75, 3.05) is 5.88 Å². The van der Waals surface area contributed by atoms with E-state index in [9.17, 15) is 0 Å². The molecule has 0 saturated carbocycles. The van der Waals surface area contributed by atoms with E-state index in [-0.39, 0.29) is 5.54 Å². The van der Waals surface area contributed by atoms with Crippen LogP contribution in [0.5, 0.6) is 0 Å². The fourth-order valence-corrected chi connectivity index (χ4v) is 2.08. The third kappa shape index (κ3) is 3.53. The maximum absolute atomic E-state index is 6.09. The van der Waals surface area contributed by atoms with Gasteiger partial charge < -0.3 is 5.32 Å². The van der Waals surface area contributed by atoms with Crippen molar-refractivity contribution in [3.63, 3.8) is 0 Å². The molecule has 1 rings (SSSR count). The molecule has 0 radical (unpaired) electrons. The molecule has 0 aliphatic rings. The van der Waals surface area contributed by atoms with Crippen molar-refractivity contribution in [2.45, 2.75) is 32.4 Å².